The van der Waals surface area contributed by atoms with Crippen LogP contribution in [0.1, 0.15) is 29.1 Å². The van der Waals surface area contributed by atoms with Crippen LogP contribution in [0.2, 0.25) is 0 Å². The zero-order chi connectivity index (χ0) is 14.4. The number of carbonyl (C=O) groups excluding carboxylic acids is 1. The second-order valence-electron chi connectivity index (χ2n) is 4.34. The van der Waals surface area contributed by atoms with Crippen molar-refractivity contribution in [3.05, 3.63) is 52.2 Å². The van der Waals surface area contributed by atoms with Crippen LogP contribution in [0.4, 0.5) is 0 Å². The molecule has 0 N–H and O–H groups in total. The van der Waals surface area contributed by atoms with Gasteiger partial charge in [-0.25, -0.2) is 0 Å². The fraction of sp³-hybridized carbons (Fsp3) is 0.312. The van der Waals surface area contributed by atoms with Crippen LogP contribution in [0.25, 0.3) is 0 Å². The molecule has 0 spiro atoms. The summed E-state index contributed by atoms with van der Waals surface area (Å²) >= 11 is 3.49. The SMILES string of the molecule is CCN(CC)C(=O)c1ccccc1SCc1cccs1. The Morgan fingerprint density at radius 3 is 2.55 bits per heavy atom. The van der Waals surface area contributed by atoms with Crippen molar-refractivity contribution < 1.29 is 4.79 Å². The summed E-state index contributed by atoms with van der Waals surface area (Å²) in [5.41, 5.74) is 0.817. The van der Waals surface area contributed by atoms with Gasteiger partial charge in [-0.3, -0.25) is 4.79 Å². The van der Waals surface area contributed by atoms with Gasteiger partial charge in [0.05, 0.1) is 5.56 Å². The average molecular weight is 305 g/mol. The lowest BCUT2D eigenvalue weighted by molar-refractivity contribution is 0.0769. The fourth-order valence-electron chi connectivity index (χ4n) is 1.99. The third kappa shape index (κ3) is 3.64. The minimum atomic E-state index is 0.129. The molecule has 0 aliphatic heterocycles. The van der Waals surface area contributed by atoms with E-state index < -0.39 is 0 Å². The van der Waals surface area contributed by atoms with Gasteiger partial charge in [-0.2, -0.15) is 0 Å². The third-order valence-electron chi connectivity index (χ3n) is 3.12. The summed E-state index contributed by atoms with van der Waals surface area (Å²) in [5, 5.41) is 2.09. The van der Waals surface area contributed by atoms with E-state index in [0.717, 1.165) is 29.3 Å². The number of carbonyl (C=O) groups is 1. The average Bonchev–Trinajstić information content (AvgIpc) is 3.00. The first-order chi connectivity index (χ1) is 9.76. The van der Waals surface area contributed by atoms with E-state index in [0.29, 0.717) is 0 Å². The number of thiophene rings is 1. The van der Waals surface area contributed by atoms with Crippen LogP contribution in [0.5, 0.6) is 0 Å². The molecule has 1 aromatic carbocycles. The van der Waals surface area contributed by atoms with Gasteiger partial charge in [-0.15, -0.1) is 23.1 Å². The molecule has 2 rings (SSSR count). The van der Waals surface area contributed by atoms with Crippen molar-refractivity contribution in [2.75, 3.05) is 13.1 Å². The van der Waals surface area contributed by atoms with Crippen LogP contribution >= 0.6 is 23.1 Å². The van der Waals surface area contributed by atoms with E-state index in [9.17, 15) is 4.79 Å². The van der Waals surface area contributed by atoms with Gasteiger partial charge in [-0.05, 0) is 37.4 Å². The highest BCUT2D eigenvalue weighted by Crippen LogP contribution is 2.28. The Hall–Kier alpha value is -1.26. The Bertz CT molecular complexity index is 547. The van der Waals surface area contributed by atoms with Crippen LogP contribution in [-0.4, -0.2) is 23.9 Å². The molecule has 0 radical (unpaired) electrons. The third-order valence-corrected chi connectivity index (χ3v) is 5.30. The predicted molar refractivity (Wildman–Crippen MR) is 87.6 cm³/mol. The molecule has 2 nitrogen and oxygen atoms in total. The Labute approximate surface area is 128 Å². The summed E-state index contributed by atoms with van der Waals surface area (Å²) in [6, 6.07) is 12.1. The highest BCUT2D eigenvalue weighted by molar-refractivity contribution is 7.98. The molecule has 20 heavy (non-hydrogen) atoms. The molecule has 1 amide bonds. The zero-order valence-corrected chi connectivity index (χ0v) is 13.5. The van der Waals surface area contributed by atoms with Crippen LogP contribution in [-0.2, 0) is 5.75 Å². The van der Waals surface area contributed by atoms with E-state index in [1.807, 2.05) is 43.0 Å². The number of thioether (sulfide) groups is 1. The number of hydrogen-bond donors (Lipinski definition) is 0. The Kier molecular flexibility index (Phi) is 5.68. The lowest BCUT2D eigenvalue weighted by atomic mass is 10.2. The second kappa shape index (κ2) is 7.50. The van der Waals surface area contributed by atoms with Gasteiger partial charge in [0.2, 0.25) is 0 Å². The summed E-state index contributed by atoms with van der Waals surface area (Å²) in [6.07, 6.45) is 0. The predicted octanol–water partition coefficient (Wildman–Crippen LogP) is 4.52. The summed E-state index contributed by atoms with van der Waals surface area (Å²) < 4.78 is 0. The second-order valence-corrected chi connectivity index (χ2v) is 6.39. The lowest BCUT2D eigenvalue weighted by Crippen LogP contribution is -2.30. The minimum Gasteiger partial charge on any atom is -0.339 e. The first-order valence-corrected chi connectivity index (χ1v) is 8.66. The number of benzene rings is 1. The molecule has 0 aliphatic carbocycles. The van der Waals surface area contributed by atoms with E-state index in [2.05, 4.69) is 17.5 Å². The maximum atomic E-state index is 12.5. The summed E-state index contributed by atoms with van der Waals surface area (Å²) in [5.74, 6) is 1.05. The quantitative estimate of drug-likeness (QED) is 0.731. The van der Waals surface area contributed by atoms with E-state index in [1.54, 1.807) is 23.1 Å². The number of rotatable bonds is 6. The van der Waals surface area contributed by atoms with Crippen molar-refractivity contribution in [3.63, 3.8) is 0 Å². The van der Waals surface area contributed by atoms with Crippen molar-refractivity contribution in [1.82, 2.24) is 4.90 Å². The molecule has 0 saturated heterocycles. The van der Waals surface area contributed by atoms with E-state index in [-0.39, 0.29) is 5.91 Å². The molecule has 0 atom stereocenters. The van der Waals surface area contributed by atoms with Gasteiger partial charge in [0.15, 0.2) is 0 Å². The van der Waals surface area contributed by atoms with Gasteiger partial charge < -0.3 is 4.90 Å². The molecule has 1 aromatic heterocycles. The topological polar surface area (TPSA) is 20.3 Å². The Morgan fingerprint density at radius 2 is 1.90 bits per heavy atom. The maximum Gasteiger partial charge on any atom is 0.254 e. The largest absolute Gasteiger partial charge is 0.339 e. The van der Waals surface area contributed by atoms with Crippen LogP contribution < -0.4 is 0 Å². The smallest absolute Gasteiger partial charge is 0.254 e. The molecule has 0 saturated carbocycles. The van der Waals surface area contributed by atoms with Gasteiger partial charge >= 0.3 is 0 Å². The monoisotopic (exact) mass is 305 g/mol. The number of amides is 1. The van der Waals surface area contributed by atoms with Gasteiger partial charge in [0, 0.05) is 28.6 Å². The van der Waals surface area contributed by atoms with Crippen LogP contribution in [0.15, 0.2) is 46.7 Å². The summed E-state index contributed by atoms with van der Waals surface area (Å²) in [4.78, 5) is 16.8. The Morgan fingerprint density at radius 1 is 1.15 bits per heavy atom. The summed E-state index contributed by atoms with van der Waals surface area (Å²) in [7, 11) is 0. The normalized spacial score (nSPS) is 10.5. The molecule has 2 aromatic rings. The number of nitrogens with zero attached hydrogens (tertiary/aromatic N) is 1. The molecule has 0 aliphatic rings. The van der Waals surface area contributed by atoms with Gasteiger partial charge in [0.25, 0.3) is 5.91 Å². The molecule has 1 heterocycles. The molecule has 0 fully saturated rings. The highest BCUT2D eigenvalue weighted by Gasteiger charge is 2.16. The van der Waals surface area contributed by atoms with Gasteiger partial charge in [-0.1, -0.05) is 18.2 Å². The highest BCUT2D eigenvalue weighted by atomic mass is 32.2. The molecule has 0 unspecified atom stereocenters. The first kappa shape index (κ1) is 15.1. The van der Waals surface area contributed by atoms with Crippen LogP contribution in [0, 0.1) is 0 Å². The molecular weight excluding hydrogens is 286 g/mol. The molecule has 0 bridgehead atoms. The van der Waals surface area contributed by atoms with Crippen molar-refractivity contribution >= 4 is 29.0 Å². The summed E-state index contributed by atoms with van der Waals surface area (Å²) in [6.45, 7) is 5.53. The first-order valence-electron chi connectivity index (χ1n) is 6.79. The van der Waals surface area contributed by atoms with Gasteiger partial charge in [0.1, 0.15) is 0 Å². The fourth-order valence-corrected chi connectivity index (χ4v) is 3.81. The van der Waals surface area contributed by atoms with Crippen LogP contribution in [0.3, 0.4) is 0 Å². The Balaban J connectivity index is 2.15. The maximum absolute atomic E-state index is 12.5. The van der Waals surface area contributed by atoms with Crippen molar-refractivity contribution in [1.29, 1.82) is 0 Å². The lowest BCUT2D eigenvalue weighted by Gasteiger charge is -2.20. The minimum absolute atomic E-state index is 0.129. The van der Waals surface area contributed by atoms with Crippen molar-refractivity contribution in [3.8, 4) is 0 Å². The number of hydrogen-bond acceptors (Lipinski definition) is 3. The van der Waals surface area contributed by atoms with Crippen molar-refractivity contribution in [2.24, 2.45) is 0 Å². The molecule has 106 valence electrons. The van der Waals surface area contributed by atoms with E-state index in [4.69, 9.17) is 0 Å². The zero-order valence-electron chi connectivity index (χ0n) is 11.8. The van der Waals surface area contributed by atoms with E-state index >= 15 is 0 Å². The van der Waals surface area contributed by atoms with E-state index in [1.165, 1.54) is 4.88 Å². The van der Waals surface area contributed by atoms with Crippen molar-refractivity contribution in [2.45, 2.75) is 24.5 Å². The molecule has 4 heteroatoms. The molecular formula is C16H19NOS2. The standard InChI is InChI=1S/C16H19NOS2/c1-3-17(4-2)16(18)14-9-5-6-10-15(14)20-12-13-8-7-11-19-13/h5-11H,3-4,12H2,1-2H3.